The third-order valence-corrected chi connectivity index (χ3v) is 11.6. The van der Waals surface area contributed by atoms with Crippen molar-refractivity contribution in [1.29, 1.82) is 0 Å². The highest BCUT2D eigenvalue weighted by Gasteiger charge is 2.44. The smallest absolute Gasteiger partial charge is 0.253 e. The fourth-order valence-corrected chi connectivity index (χ4v) is 8.89. The van der Waals surface area contributed by atoms with Crippen molar-refractivity contribution in [3.05, 3.63) is 95.8 Å². The molecule has 3 aliphatic heterocycles. The zero-order valence-electron chi connectivity index (χ0n) is 25.3. The van der Waals surface area contributed by atoms with Gasteiger partial charge in [0.2, 0.25) is 10.0 Å². The SMILES string of the molecule is Cc1nc2ccccc2n1C1C[C@H]2CC[C@@H](C1)N2CCC1(c2ccccc2)CCN(C(=O)c2ccc(S(N)(=O)=O)cc2)CC1. The summed E-state index contributed by atoms with van der Waals surface area (Å²) < 4.78 is 25.8. The Morgan fingerprint density at radius 1 is 0.886 bits per heavy atom. The van der Waals surface area contributed by atoms with Crippen molar-refractivity contribution < 1.29 is 13.2 Å². The van der Waals surface area contributed by atoms with E-state index in [9.17, 15) is 13.2 Å². The summed E-state index contributed by atoms with van der Waals surface area (Å²) in [4.78, 5) is 23.0. The number of amides is 1. The van der Waals surface area contributed by atoms with E-state index in [4.69, 9.17) is 10.1 Å². The molecule has 7 rings (SSSR count). The van der Waals surface area contributed by atoms with E-state index in [1.54, 1.807) is 12.1 Å². The lowest BCUT2D eigenvalue weighted by molar-refractivity contribution is 0.0607. The number of hydrogen-bond donors (Lipinski definition) is 1. The molecule has 3 atom stereocenters. The summed E-state index contributed by atoms with van der Waals surface area (Å²) in [6.07, 6.45) is 7.75. The number of aryl methyl sites for hydroxylation is 1. The Balaban J connectivity index is 1.05. The van der Waals surface area contributed by atoms with Gasteiger partial charge in [-0.15, -0.1) is 0 Å². The predicted molar refractivity (Wildman–Crippen MR) is 172 cm³/mol. The van der Waals surface area contributed by atoms with Crippen LogP contribution in [0.1, 0.15) is 72.7 Å². The molecule has 4 heterocycles. The first-order chi connectivity index (χ1) is 21.2. The van der Waals surface area contributed by atoms with Gasteiger partial charge in [0.25, 0.3) is 5.91 Å². The first kappa shape index (κ1) is 29.2. The monoisotopic (exact) mass is 611 g/mol. The van der Waals surface area contributed by atoms with Gasteiger partial charge >= 0.3 is 0 Å². The summed E-state index contributed by atoms with van der Waals surface area (Å²) in [5, 5.41) is 5.24. The minimum atomic E-state index is -3.79. The number of hydrogen-bond acceptors (Lipinski definition) is 5. The van der Waals surface area contributed by atoms with Crippen LogP contribution in [0.5, 0.6) is 0 Å². The predicted octanol–water partition coefficient (Wildman–Crippen LogP) is 5.42. The number of carbonyl (C=O) groups excluding carboxylic acids is 1. The number of rotatable bonds is 7. The third-order valence-electron chi connectivity index (χ3n) is 10.7. The van der Waals surface area contributed by atoms with E-state index in [2.05, 4.69) is 71.0 Å². The van der Waals surface area contributed by atoms with Gasteiger partial charge in [-0.1, -0.05) is 42.5 Å². The van der Waals surface area contributed by atoms with Gasteiger partial charge in [0.15, 0.2) is 0 Å². The quantitative estimate of drug-likeness (QED) is 0.301. The molecule has 1 unspecified atom stereocenters. The zero-order valence-corrected chi connectivity index (χ0v) is 26.1. The van der Waals surface area contributed by atoms with Crippen LogP contribution in [-0.4, -0.2) is 65.4 Å². The number of fused-ring (bicyclic) bond motifs is 3. The lowest BCUT2D eigenvalue weighted by atomic mass is 9.70. The molecule has 9 heteroatoms. The highest BCUT2D eigenvalue weighted by Crippen LogP contribution is 2.45. The standard InChI is InChI=1S/C35H41N5O3S/c1-25-37-32-9-5-6-10-33(32)40(25)30-23-28-13-14-29(24-30)39(28)22-19-35(27-7-3-2-4-8-27)17-20-38(21-18-35)34(41)26-11-15-31(16-12-26)44(36,42)43/h2-12,15-16,28-30H,13-14,17-24H2,1H3,(H2,36,42,43)/t28-,29+,30?. The molecule has 44 heavy (non-hydrogen) atoms. The van der Waals surface area contributed by atoms with Gasteiger partial charge < -0.3 is 9.47 Å². The normalized spacial score (nSPS) is 23.7. The maximum Gasteiger partial charge on any atom is 0.253 e. The summed E-state index contributed by atoms with van der Waals surface area (Å²) in [5.41, 5.74) is 4.22. The summed E-state index contributed by atoms with van der Waals surface area (Å²) in [7, 11) is -3.79. The lowest BCUT2D eigenvalue weighted by Gasteiger charge is -2.45. The number of carbonyl (C=O) groups is 1. The van der Waals surface area contributed by atoms with Crippen LogP contribution >= 0.6 is 0 Å². The van der Waals surface area contributed by atoms with E-state index in [-0.39, 0.29) is 16.2 Å². The van der Waals surface area contributed by atoms with Crippen molar-refractivity contribution in [2.45, 2.75) is 80.3 Å². The molecule has 1 amide bonds. The van der Waals surface area contributed by atoms with Crippen molar-refractivity contribution in [3.8, 4) is 0 Å². The van der Waals surface area contributed by atoms with E-state index >= 15 is 0 Å². The van der Waals surface area contributed by atoms with Gasteiger partial charge in [-0.3, -0.25) is 9.69 Å². The number of para-hydroxylation sites is 2. The van der Waals surface area contributed by atoms with E-state index in [0.717, 1.165) is 37.1 Å². The topological polar surface area (TPSA) is 102 Å². The Hall–Kier alpha value is -3.53. The van der Waals surface area contributed by atoms with E-state index < -0.39 is 10.0 Å². The fraction of sp³-hybridized carbons (Fsp3) is 0.429. The first-order valence-corrected chi connectivity index (χ1v) is 17.4. The molecule has 3 aliphatic rings. The molecule has 4 aromatic rings. The van der Waals surface area contributed by atoms with Crippen LogP contribution in [0.25, 0.3) is 11.0 Å². The van der Waals surface area contributed by atoms with Crippen LogP contribution in [0.2, 0.25) is 0 Å². The fourth-order valence-electron chi connectivity index (χ4n) is 8.37. The van der Waals surface area contributed by atoms with Crippen molar-refractivity contribution >= 4 is 27.0 Å². The summed E-state index contributed by atoms with van der Waals surface area (Å²) >= 11 is 0. The number of primary sulfonamides is 1. The Morgan fingerprint density at radius 3 is 2.18 bits per heavy atom. The van der Waals surface area contributed by atoms with E-state index in [1.165, 1.54) is 48.9 Å². The molecular weight excluding hydrogens is 570 g/mol. The molecular formula is C35H41N5O3S. The van der Waals surface area contributed by atoms with Crippen molar-refractivity contribution in [2.75, 3.05) is 19.6 Å². The molecule has 3 aromatic carbocycles. The van der Waals surface area contributed by atoms with Gasteiger partial charge in [0.1, 0.15) is 5.82 Å². The van der Waals surface area contributed by atoms with Crippen molar-refractivity contribution in [3.63, 3.8) is 0 Å². The van der Waals surface area contributed by atoms with Gasteiger partial charge in [0.05, 0.1) is 15.9 Å². The number of piperidine rings is 2. The number of aromatic nitrogens is 2. The maximum atomic E-state index is 13.4. The Labute approximate surface area is 259 Å². The number of nitrogens with zero attached hydrogens (tertiary/aromatic N) is 4. The minimum Gasteiger partial charge on any atom is -0.339 e. The van der Waals surface area contributed by atoms with Gasteiger partial charge in [-0.2, -0.15) is 0 Å². The van der Waals surface area contributed by atoms with Crippen LogP contribution in [0.15, 0.2) is 83.8 Å². The van der Waals surface area contributed by atoms with Crippen LogP contribution in [0, 0.1) is 6.92 Å². The number of imidazole rings is 1. The molecule has 2 N–H and O–H groups in total. The molecule has 3 saturated heterocycles. The molecule has 2 bridgehead atoms. The Kier molecular flexibility index (Phi) is 7.59. The highest BCUT2D eigenvalue weighted by atomic mass is 32.2. The third kappa shape index (κ3) is 5.35. The van der Waals surface area contributed by atoms with Gasteiger partial charge in [0, 0.05) is 36.8 Å². The summed E-state index contributed by atoms with van der Waals surface area (Å²) in [6.45, 7) is 4.57. The zero-order chi connectivity index (χ0) is 30.5. The second-order valence-electron chi connectivity index (χ2n) is 13.0. The van der Waals surface area contributed by atoms with Crippen molar-refractivity contribution in [1.82, 2.24) is 19.4 Å². The van der Waals surface area contributed by atoms with E-state index in [0.29, 0.717) is 36.8 Å². The number of sulfonamides is 1. The Bertz CT molecular complexity index is 1750. The van der Waals surface area contributed by atoms with Crippen LogP contribution in [0.4, 0.5) is 0 Å². The van der Waals surface area contributed by atoms with Crippen LogP contribution in [-0.2, 0) is 15.4 Å². The maximum absolute atomic E-state index is 13.4. The molecule has 3 fully saturated rings. The van der Waals surface area contributed by atoms with Gasteiger partial charge in [-0.25, -0.2) is 18.5 Å². The molecule has 1 aromatic heterocycles. The Morgan fingerprint density at radius 2 is 1.52 bits per heavy atom. The molecule has 0 saturated carbocycles. The highest BCUT2D eigenvalue weighted by molar-refractivity contribution is 7.89. The van der Waals surface area contributed by atoms with Crippen LogP contribution in [0.3, 0.4) is 0 Å². The molecule has 0 radical (unpaired) electrons. The number of nitrogens with two attached hydrogens (primary N) is 1. The summed E-state index contributed by atoms with van der Waals surface area (Å²) in [6, 6.07) is 27.0. The van der Waals surface area contributed by atoms with E-state index in [1.807, 2.05) is 4.90 Å². The lowest BCUT2D eigenvalue weighted by Crippen LogP contribution is -2.49. The second-order valence-corrected chi connectivity index (χ2v) is 14.6. The number of benzene rings is 3. The van der Waals surface area contributed by atoms with Crippen LogP contribution < -0.4 is 5.14 Å². The second kappa shape index (κ2) is 11.4. The summed E-state index contributed by atoms with van der Waals surface area (Å²) in [5.74, 6) is 1.06. The minimum absolute atomic E-state index is 0.0160. The molecule has 0 aliphatic carbocycles. The largest absolute Gasteiger partial charge is 0.339 e. The molecule has 230 valence electrons. The number of likely N-dealkylation sites (tertiary alicyclic amines) is 1. The van der Waals surface area contributed by atoms with Crippen molar-refractivity contribution in [2.24, 2.45) is 5.14 Å². The molecule has 8 nitrogen and oxygen atoms in total. The average molecular weight is 612 g/mol. The first-order valence-electron chi connectivity index (χ1n) is 15.9. The van der Waals surface area contributed by atoms with Gasteiger partial charge in [-0.05, 0) is 106 Å². The average Bonchev–Trinajstić information content (AvgIpc) is 3.50. The molecule has 0 spiro atoms.